The normalized spacial score (nSPS) is 15.4. The molecule has 0 atom stereocenters. The topological polar surface area (TPSA) is 113 Å². The van der Waals surface area contributed by atoms with Gasteiger partial charge >= 0.3 is 0 Å². The van der Waals surface area contributed by atoms with Crippen LogP contribution in [0.1, 0.15) is 24.0 Å². The van der Waals surface area contributed by atoms with E-state index in [-0.39, 0.29) is 35.6 Å². The Morgan fingerprint density at radius 2 is 1.47 bits per heavy atom. The molecule has 0 radical (unpaired) electrons. The van der Waals surface area contributed by atoms with E-state index in [0.717, 1.165) is 11.1 Å². The van der Waals surface area contributed by atoms with Crippen molar-refractivity contribution in [1.82, 2.24) is 4.31 Å². The predicted molar refractivity (Wildman–Crippen MR) is 140 cm³/mol. The van der Waals surface area contributed by atoms with Crippen molar-refractivity contribution in [2.45, 2.75) is 30.4 Å². The summed E-state index contributed by atoms with van der Waals surface area (Å²) in [4.78, 5) is 12.8. The van der Waals surface area contributed by atoms with Gasteiger partial charge in [0.1, 0.15) is 0 Å². The van der Waals surface area contributed by atoms with Crippen LogP contribution in [0.2, 0.25) is 0 Å². The van der Waals surface area contributed by atoms with Gasteiger partial charge in [0.25, 0.3) is 10.0 Å². The van der Waals surface area contributed by atoms with Gasteiger partial charge in [0.2, 0.25) is 15.9 Å². The largest absolute Gasteiger partial charge is 0.326 e. The first-order valence-corrected chi connectivity index (χ1v) is 14.7. The molecule has 1 saturated heterocycles. The van der Waals surface area contributed by atoms with Crippen molar-refractivity contribution in [2.24, 2.45) is 5.92 Å². The lowest BCUT2D eigenvalue weighted by atomic mass is 9.97. The Morgan fingerprint density at radius 1 is 0.861 bits per heavy atom. The molecule has 1 aliphatic heterocycles. The molecule has 1 fully saturated rings. The number of anilines is 2. The molecule has 1 aliphatic rings. The highest BCUT2D eigenvalue weighted by Crippen LogP contribution is 2.24. The van der Waals surface area contributed by atoms with E-state index in [1.54, 1.807) is 36.4 Å². The molecule has 1 amide bonds. The van der Waals surface area contributed by atoms with E-state index in [4.69, 9.17) is 0 Å². The van der Waals surface area contributed by atoms with Crippen LogP contribution in [0.5, 0.6) is 0 Å². The van der Waals surface area contributed by atoms with E-state index in [0.29, 0.717) is 24.2 Å². The van der Waals surface area contributed by atoms with Gasteiger partial charge in [-0.2, -0.15) is 0 Å². The Bertz CT molecular complexity index is 1420. The van der Waals surface area contributed by atoms with Crippen molar-refractivity contribution < 1.29 is 21.6 Å². The van der Waals surface area contributed by atoms with Gasteiger partial charge in [0.15, 0.2) is 0 Å². The number of aryl methyl sites for hydroxylation is 1. The number of rotatable bonds is 8. The maximum Gasteiger partial charge on any atom is 0.261 e. The quantitative estimate of drug-likeness (QED) is 0.460. The number of nitrogens with zero attached hydrogens (tertiary/aromatic N) is 1. The Hall–Kier alpha value is -3.21. The lowest BCUT2D eigenvalue weighted by Gasteiger charge is -2.30. The van der Waals surface area contributed by atoms with E-state index >= 15 is 0 Å². The minimum absolute atomic E-state index is 0.0569. The van der Waals surface area contributed by atoms with Crippen molar-refractivity contribution in [2.75, 3.05) is 23.1 Å². The maximum absolute atomic E-state index is 12.8. The number of hydrogen-bond acceptors (Lipinski definition) is 5. The van der Waals surface area contributed by atoms with Gasteiger partial charge < -0.3 is 5.32 Å². The highest BCUT2D eigenvalue weighted by atomic mass is 32.2. The van der Waals surface area contributed by atoms with Crippen LogP contribution in [0.4, 0.5) is 11.4 Å². The molecule has 0 unspecified atom stereocenters. The number of benzene rings is 3. The average Bonchev–Trinajstić information content (AvgIpc) is 2.86. The van der Waals surface area contributed by atoms with Crippen LogP contribution in [0.25, 0.3) is 0 Å². The summed E-state index contributed by atoms with van der Waals surface area (Å²) in [5.41, 5.74) is 2.53. The first-order chi connectivity index (χ1) is 17.1. The van der Waals surface area contributed by atoms with Gasteiger partial charge in [0, 0.05) is 24.7 Å². The molecule has 0 aromatic heterocycles. The predicted octanol–water partition coefficient (Wildman–Crippen LogP) is 3.98. The summed E-state index contributed by atoms with van der Waals surface area (Å²) in [5, 5.41) is 2.82. The fraction of sp³-hybridized carbons (Fsp3) is 0.269. The van der Waals surface area contributed by atoms with E-state index in [1.807, 2.05) is 37.3 Å². The van der Waals surface area contributed by atoms with Crippen molar-refractivity contribution >= 4 is 37.3 Å². The van der Waals surface area contributed by atoms with E-state index in [1.165, 1.54) is 16.4 Å². The molecular weight excluding hydrogens is 498 g/mol. The van der Waals surface area contributed by atoms with E-state index in [2.05, 4.69) is 10.0 Å². The molecule has 10 heteroatoms. The molecule has 0 saturated carbocycles. The van der Waals surface area contributed by atoms with Crippen LogP contribution in [0.15, 0.2) is 83.8 Å². The third-order valence-electron chi connectivity index (χ3n) is 6.23. The summed E-state index contributed by atoms with van der Waals surface area (Å²) < 4.78 is 54.9. The van der Waals surface area contributed by atoms with Gasteiger partial charge in [-0.1, -0.05) is 48.5 Å². The summed E-state index contributed by atoms with van der Waals surface area (Å²) in [6.07, 6.45) is 0.847. The lowest BCUT2D eigenvalue weighted by Crippen LogP contribution is -2.41. The van der Waals surface area contributed by atoms with Crippen LogP contribution >= 0.6 is 0 Å². The summed E-state index contributed by atoms with van der Waals surface area (Å²) in [6.45, 7) is 2.39. The Kier molecular flexibility index (Phi) is 7.77. The van der Waals surface area contributed by atoms with E-state index < -0.39 is 20.0 Å². The van der Waals surface area contributed by atoms with E-state index in [9.17, 15) is 21.6 Å². The van der Waals surface area contributed by atoms with Crippen molar-refractivity contribution in [3.63, 3.8) is 0 Å². The Morgan fingerprint density at radius 3 is 2.11 bits per heavy atom. The molecule has 1 heterocycles. The standard InChI is InChI=1S/C26H29N3O5S2/c1-20-7-5-6-10-25(20)28-36(33,34)24-13-11-23(12-14-24)27-26(30)22-15-17-29(18-16-22)35(31,32)19-21-8-3-2-4-9-21/h2-14,22,28H,15-19H2,1H3,(H,27,30). The van der Waals surface area contributed by atoms with Crippen molar-refractivity contribution in [3.8, 4) is 0 Å². The van der Waals surface area contributed by atoms with Crippen LogP contribution in [-0.2, 0) is 30.6 Å². The third-order valence-corrected chi connectivity index (χ3v) is 9.46. The second-order valence-corrected chi connectivity index (χ2v) is 12.5. The minimum Gasteiger partial charge on any atom is -0.326 e. The van der Waals surface area contributed by atoms with Crippen LogP contribution in [-0.4, -0.2) is 40.1 Å². The van der Waals surface area contributed by atoms with Crippen molar-refractivity contribution in [3.05, 3.63) is 90.0 Å². The first kappa shape index (κ1) is 25.9. The molecule has 4 rings (SSSR count). The highest BCUT2D eigenvalue weighted by Gasteiger charge is 2.31. The zero-order chi connectivity index (χ0) is 25.8. The number of carbonyl (C=O) groups excluding carboxylic acids is 1. The van der Waals surface area contributed by atoms with Crippen LogP contribution < -0.4 is 10.0 Å². The zero-order valence-electron chi connectivity index (χ0n) is 19.9. The SMILES string of the molecule is Cc1ccccc1NS(=O)(=O)c1ccc(NC(=O)C2CCN(S(=O)(=O)Cc3ccccc3)CC2)cc1. The second kappa shape index (κ2) is 10.8. The number of carbonyl (C=O) groups is 1. The summed E-state index contributed by atoms with van der Waals surface area (Å²) in [7, 11) is -7.22. The van der Waals surface area contributed by atoms with Gasteiger partial charge in [-0.3, -0.25) is 9.52 Å². The molecule has 0 aliphatic carbocycles. The zero-order valence-corrected chi connectivity index (χ0v) is 21.6. The highest BCUT2D eigenvalue weighted by molar-refractivity contribution is 7.92. The van der Waals surface area contributed by atoms with Gasteiger partial charge in [0.05, 0.1) is 16.3 Å². The number of amides is 1. The molecule has 0 spiro atoms. The molecule has 3 aromatic rings. The molecule has 8 nitrogen and oxygen atoms in total. The van der Waals surface area contributed by atoms with Gasteiger partial charge in [-0.05, 0) is 61.2 Å². The molecule has 190 valence electrons. The maximum atomic E-state index is 12.8. The van der Waals surface area contributed by atoms with Gasteiger partial charge in [-0.15, -0.1) is 0 Å². The smallest absolute Gasteiger partial charge is 0.261 e. The lowest BCUT2D eigenvalue weighted by molar-refractivity contribution is -0.120. The van der Waals surface area contributed by atoms with Crippen molar-refractivity contribution in [1.29, 1.82) is 0 Å². The molecule has 36 heavy (non-hydrogen) atoms. The minimum atomic E-state index is -3.77. The number of piperidine rings is 1. The fourth-order valence-electron chi connectivity index (χ4n) is 4.13. The van der Waals surface area contributed by atoms with Crippen LogP contribution in [0.3, 0.4) is 0 Å². The number of para-hydroxylation sites is 1. The average molecular weight is 528 g/mol. The molecule has 3 aromatic carbocycles. The summed E-state index contributed by atoms with van der Waals surface area (Å²) in [6, 6.07) is 22.1. The number of nitrogens with one attached hydrogen (secondary N) is 2. The molecule has 0 bridgehead atoms. The molecule has 2 N–H and O–H groups in total. The number of hydrogen-bond donors (Lipinski definition) is 2. The fourth-order valence-corrected chi connectivity index (χ4v) is 6.82. The second-order valence-electron chi connectivity index (χ2n) is 8.85. The monoisotopic (exact) mass is 527 g/mol. The Balaban J connectivity index is 1.32. The summed E-state index contributed by atoms with van der Waals surface area (Å²) in [5.74, 6) is -0.582. The molecular formula is C26H29N3O5S2. The van der Waals surface area contributed by atoms with Crippen LogP contribution in [0, 0.1) is 12.8 Å². The summed E-state index contributed by atoms with van der Waals surface area (Å²) >= 11 is 0. The Labute approximate surface area is 212 Å². The van der Waals surface area contributed by atoms with Gasteiger partial charge in [-0.25, -0.2) is 21.1 Å². The number of sulfonamides is 2. The third kappa shape index (κ3) is 6.31. The first-order valence-electron chi connectivity index (χ1n) is 11.7.